The molecule has 2 aliphatic heterocycles. The Morgan fingerprint density at radius 2 is 2.04 bits per heavy atom. The normalized spacial score (nSPS) is 23.5. The van der Waals surface area contributed by atoms with Gasteiger partial charge in [0.2, 0.25) is 5.91 Å². The predicted octanol–water partition coefficient (Wildman–Crippen LogP) is 1.81. The standard InChI is InChI=1S/C19H16N6O/c1-11-12(2)23-24-17(14(11)8-21)25-9-13(7-20)19(10-25)15-5-3-4-6-16(15)22-18(19)26/h3-6,13H,9-10H2,1-2H3,(H,22,26)/t13-,19+/m0/s1. The summed E-state index contributed by atoms with van der Waals surface area (Å²) in [6.07, 6.45) is 0. The van der Waals surface area contributed by atoms with E-state index >= 15 is 0 Å². The van der Waals surface area contributed by atoms with Gasteiger partial charge in [-0.15, -0.1) is 5.10 Å². The van der Waals surface area contributed by atoms with E-state index in [0.29, 0.717) is 30.2 Å². The Kier molecular flexibility index (Phi) is 3.41. The van der Waals surface area contributed by atoms with Crippen LogP contribution in [-0.2, 0) is 10.2 Å². The number of carbonyl (C=O) groups is 1. The molecule has 2 aromatic rings. The molecule has 1 saturated heterocycles. The highest BCUT2D eigenvalue weighted by Gasteiger charge is 2.58. The van der Waals surface area contributed by atoms with Gasteiger partial charge in [0.1, 0.15) is 17.0 Å². The SMILES string of the molecule is Cc1nnc(N2C[C@H](C#N)[C@@]3(C2)C(=O)Nc2ccccc23)c(C#N)c1C. The monoisotopic (exact) mass is 344 g/mol. The van der Waals surface area contributed by atoms with Gasteiger partial charge >= 0.3 is 0 Å². The van der Waals surface area contributed by atoms with Crippen LogP contribution in [0.1, 0.15) is 22.4 Å². The van der Waals surface area contributed by atoms with E-state index in [2.05, 4.69) is 27.7 Å². The number of amides is 1. The van der Waals surface area contributed by atoms with Crippen molar-refractivity contribution < 1.29 is 4.79 Å². The Morgan fingerprint density at radius 3 is 2.77 bits per heavy atom. The minimum Gasteiger partial charge on any atom is -0.351 e. The van der Waals surface area contributed by atoms with E-state index in [-0.39, 0.29) is 5.91 Å². The van der Waals surface area contributed by atoms with Crippen LogP contribution in [0.5, 0.6) is 0 Å². The number of benzene rings is 1. The van der Waals surface area contributed by atoms with E-state index in [1.807, 2.05) is 36.1 Å². The molecule has 1 fully saturated rings. The lowest BCUT2D eigenvalue weighted by molar-refractivity contribution is -0.120. The van der Waals surface area contributed by atoms with Crippen molar-refractivity contribution in [2.24, 2.45) is 5.92 Å². The van der Waals surface area contributed by atoms with Gasteiger partial charge in [-0.25, -0.2) is 0 Å². The summed E-state index contributed by atoms with van der Waals surface area (Å²) in [7, 11) is 0. The molecule has 26 heavy (non-hydrogen) atoms. The zero-order valence-corrected chi connectivity index (χ0v) is 14.4. The van der Waals surface area contributed by atoms with Crippen LogP contribution in [0, 0.1) is 42.4 Å². The van der Waals surface area contributed by atoms with Crippen LogP contribution in [-0.4, -0.2) is 29.2 Å². The Hall–Kier alpha value is -3.45. The van der Waals surface area contributed by atoms with Gasteiger partial charge in [-0.3, -0.25) is 4.79 Å². The molecule has 0 aliphatic carbocycles. The number of rotatable bonds is 1. The molecule has 1 N–H and O–H groups in total. The summed E-state index contributed by atoms with van der Waals surface area (Å²) in [5.41, 5.74) is 2.51. The highest BCUT2D eigenvalue weighted by atomic mass is 16.2. The predicted molar refractivity (Wildman–Crippen MR) is 94.3 cm³/mol. The van der Waals surface area contributed by atoms with Crippen molar-refractivity contribution in [2.45, 2.75) is 19.3 Å². The third kappa shape index (κ3) is 1.94. The molecule has 4 rings (SSSR count). The summed E-state index contributed by atoms with van der Waals surface area (Å²) in [5.74, 6) is -0.283. The first-order valence-electron chi connectivity index (χ1n) is 8.32. The zero-order chi connectivity index (χ0) is 18.5. The molecule has 1 aromatic heterocycles. The number of hydrogen-bond donors (Lipinski definition) is 1. The van der Waals surface area contributed by atoms with Crippen LogP contribution in [0.25, 0.3) is 0 Å². The molecule has 7 heteroatoms. The molecule has 1 amide bonds. The van der Waals surface area contributed by atoms with Crippen molar-refractivity contribution in [1.82, 2.24) is 10.2 Å². The number of nitriles is 2. The Labute approximate surface area is 150 Å². The summed E-state index contributed by atoms with van der Waals surface area (Å²) < 4.78 is 0. The molecule has 0 unspecified atom stereocenters. The molecule has 3 heterocycles. The Balaban J connectivity index is 1.84. The summed E-state index contributed by atoms with van der Waals surface area (Å²) in [6.45, 7) is 4.25. The third-order valence-electron chi connectivity index (χ3n) is 5.50. The van der Waals surface area contributed by atoms with E-state index in [1.165, 1.54) is 0 Å². The van der Waals surface area contributed by atoms with E-state index in [9.17, 15) is 15.3 Å². The minimum atomic E-state index is -0.960. The fourth-order valence-corrected chi connectivity index (χ4v) is 3.96. The van der Waals surface area contributed by atoms with Gasteiger partial charge < -0.3 is 10.2 Å². The quantitative estimate of drug-likeness (QED) is 0.846. The first kappa shape index (κ1) is 16.0. The largest absolute Gasteiger partial charge is 0.351 e. The van der Waals surface area contributed by atoms with Crippen molar-refractivity contribution in [3.05, 3.63) is 46.6 Å². The van der Waals surface area contributed by atoms with E-state index < -0.39 is 11.3 Å². The van der Waals surface area contributed by atoms with E-state index in [1.54, 1.807) is 6.92 Å². The second-order valence-electron chi connectivity index (χ2n) is 6.75. The first-order chi connectivity index (χ1) is 12.5. The molecule has 7 nitrogen and oxygen atoms in total. The fraction of sp³-hybridized carbons (Fsp3) is 0.316. The molecule has 0 radical (unpaired) electrons. The number of aryl methyl sites for hydroxylation is 1. The summed E-state index contributed by atoms with van der Waals surface area (Å²) in [4.78, 5) is 14.7. The maximum atomic E-state index is 12.9. The number of para-hydroxylation sites is 1. The zero-order valence-electron chi connectivity index (χ0n) is 14.4. The van der Waals surface area contributed by atoms with Gasteiger partial charge in [0.05, 0.1) is 17.7 Å². The highest BCUT2D eigenvalue weighted by Crippen LogP contribution is 2.48. The molecule has 0 saturated carbocycles. The maximum absolute atomic E-state index is 12.9. The number of aromatic nitrogens is 2. The molecular weight excluding hydrogens is 328 g/mol. The molecule has 0 bridgehead atoms. The summed E-state index contributed by atoms with van der Waals surface area (Å²) in [5, 5.41) is 30.6. The van der Waals surface area contributed by atoms with Crippen LogP contribution in [0.2, 0.25) is 0 Å². The van der Waals surface area contributed by atoms with Crippen LogP contribution in [0.15, 0.2) is 24.3 Å². The lowest BCUT2D eigenvalue weighted by Crippen LogP contribution is -2.42. The molecule has 2 aliphatic rings. The van der Waals surface area contributed by atoms with Crippen LogP contribution < -0.4 is 10.2 Å². The van der Waals surface area contributed by atoms with Gasteiger partial charge in [-0.05, 0) is 31.0 Å². The lowest BCUT2D eigenvalue weighted by atomic mass is 9.74. The van der Waals surface area contributed by atoms with Gasteiger partial charge in [-0.1, -0.05) is 18.2 Å². The summed E-state index contributed by atoms with van der Waals surface area (Å²) in [6, 6.07) is 11.9. The molecular formula is C19H16N6O. The van der Waals surface area contributed by atoms with Crippen molar-refractivity contribution in [1.29, 1.82) is 10.5 Å². The summed E-state index contributed by atoms with van der Waals surface area (Å²) >= 11 is 0. The van der Waals surface area contributed by atoms with Crippen molar-refractivity contribution in [3.63, 3.8) is 0 Å². The van der Waals surface area contributed by atoms with Crippen LogP contribution >= 0.6 is 0 Å². The number of hydrogen-bond acceptors (Lipinski definition) is 6. The number of nitrogens with one attached hydrogen (secondary N) is 1. The van der Waals surface area contributed by atoms with Gasteiger partial charge in [0.25, 0.3) is 0 Å². The fourth-order valence-electron chi connectivity index (χ4n) is 3.96. The number of carbonyl (C=O) groups excluding carboxylic acids is 1. The van der Waals surface area contributed by atoms with Gasteiger partial charge in [-0.2, -0.15) is 15.6 Å². The third-order valence-corrected chi connectivity index (χ3v) is 5.50. The van der Waals surface area contributed by atoms with Crippen molar-refractivity contribution in [3.8, 4) is 12.1 Å². The van der Waals surface area contributed by atoms with Gasteiger partial charge in [0.15, 0.2) is 5.82 Å². The minimum absolute atomic E-state index is 0.178. The van der Waals surface area contributed by atoms with Crippen LogP contribution in [0.3, 0.4) is 0 Å². The second kappa shape index (κ2) is 5.53. The van der Waals surface area contributed by atoms with E-state index in [4.69, 9.17) is 0 Å². The van der Waals surface area contributed by atoms with Crippen molar-refractivity contribution >= 4 is 17.4 Å². The number of nitrogens with zero attached hydrogens (tertiary/aromatic N) is 5. The smallest absolute Gasteiger partial charge is 0.238 e. The Bertz CT molecular complexity index is 1020. The topological polar surface area (TPSA) is 106 Å². The second-order valence-corrected chi connectivity index (χ2v) is 6.75. The number of anilines is 2. The lowest BCUT2D eigenvalue weighted by Gasteiger charge is -2.25. The Morgan fingerprint density at radius 1 is 1.27 bits per heavy atom. The average Bonchev–Trinajstić information content (AvgIpc) is 3.17. The highest BCUT2D eigenvalue weighted by molar-refractivity contribution is 6.07. The average molecular weight is 344 g/mol. The van der Waals surface area contributed by atoms with Gasteiger partial charge in [0, 0.05) is 18.8 Å². The van der Waals surface area contributed by atoms with E-state index in [0.717, 1.165) is 16.8 Å². The maximum Gasteiger partial charge on any atom is 0.238 e. The first-order valence-corrected chi connectivity index (χ1v) is 8.32. The van der Waals surface area contributed by atoms with Crippen molar-refractivity contribution in [2.75, 3.05) is 23.3 Å². The molecule has 2 atom stereocenters. The molecule has 128 valence electrons. The van der Waals surface area contributed by atoms with Crippen LogP contribution in [0.4, 0.5) is 11.5 Å². The number of fused-ring (bicyclic) bond motifs is 2. The molecule has 1 aromatic carbocycles. The molecule has 1 spiro atoms.